The van der Waals surface area contributed by atoms with Crippen molar-refractivity contribution in [2.75, 3.05) is 6.54 Å². The lowest BCUT2D eigenvalue weighted by molar-refractivity contribution is 0.404. The monoisotopic (exact) mass is 185 g/mol. The number of hydrogen-bond donors (Lipinski definition) is 1. The first-order valence-corrected chi connectivity index (χ1v) is 5.90. The average Bonchev–Trinajstić information content (AvgIpc) is 2.14. The van der Waals surface area contributed by atoms with Gasteiger partial charge < -0.3 is 5.73 Å². The Morgan fingerprint density at radius 3 is 2.08 bits per heavy atom. The molecule has 0 amide bonds. The highest BCUT2D eigenvalue weighted by Crippen LogP contribution is 2.17. The second-order valence-electron chi connectivity index (χ2n) is 4.52. The number of nitrogens with two attached hydrogens (primary N) is 1. The van der Waals surface area contributed by atoms with Gasteiger partial charge in [-0.1, -0.05) is 52.9 Å². The van der Waals surface area contributed by atoms with Crippen LogP contribution in [-0.2, 0) is 0 Å². The van der Waals surface area contributed by atoms with Crippen molar-refractivity contribution in [1.82, 2.24) is 0 Å². The van der Waals surface area contributed by atoms with Gasteiger partial charge in [0.2, 0.25) is 0 Å². The maximum Gasteiger partial charge on any atom is -0.00515 e. The summed E-state index contributed by atoms with van der Waals surface area (Å²) in [5.41, 5.74) is 5.58. The summed E-state index contributed by atoms with van der Waals surface area (Å²) >= 11 is 0. The van der Waals surface area contributed by atoms with Gasteiger partial charge in [-0.15, -0.1) is 0 Å². The molecule has 2 atom stereocenters. The first kappa shape index (κ1) is 13.0. The lowest BCUT2D eigenvalue weighted by atomic mass is 9.94. The Kier molecular flexibility index (Phi) is 8.53. The molecular weight excluding hydrogens is 158 g/mol. The molecule has 2 unspecified atom stereocenters. The number of hydrogen-bond acceptors (Lipinski definition) is 1. The minimum Gasteiger partial charge on any atom is -0.330 e. The molecule has 2 N–H and O–H groups in total. The molecule has 0 heterocycles. The molecule has 0 fully saturated rings. The zero-order valence-corrected chi connectivity index (χ0v) is 9.68. The highest BCUT2D eigenvalue weighted by molar-refractivity contribution is 4.58. The van der Waals surface area contributed by atoms with Crippen LogP contribution in [0.3, 0.4) is 0 Å². The Balaban J connectivity index is 3.24. The fourth-order valence-electron chi connectivity index (χ4n) is 1.57. The maximum absolute atomic E-state index is 5.58. The van der Waals surface area contributed by atoms with Crippen LogP contribution in [0, 0.1) is 11.8 Å². The van der Waals surface area contributed by atoms with E-state index < -0.39 is 0 Å². The van der Waals surface area contributed by atoms with Crippen molar-refractivity contribution < 1.29 is 0 Å². The lowest BCUT2D eigenvalue weighted by Gasteiger charge is -2.13. The largest absolute Gasteiger partial charge is 0.330 e. The van der Waals surface area contributed by atoms with E-state index in [1.165, 1.54) is 38.5 Å². The van der Waals surface area contributed by atoms with Crippen molar-refractivity contribution in [1.29, 1.82) is 0 Å². The molecule has 1 heteroatoms. The second kappa shape index (κ2) is 8.55. The summed E-state index contributed by atoms with van der Waals surface area (Å²) in [7, 11) is 0. The molecule has 80 valence electrons. The van der Waals surface area contributed by atoms with Gasteiger partial charge in [-0.25, -0.2) is 0 Å². The van der Waals surface area contributed by atoms with Crippen LogP contribution in [-0.4, -0.2) is 6.54 Å². The summed E-state index contributed by atoms with van der Waals surface area (Å²) in [6, 6.07) is 0. The topological polar surface area (TPSA) is 26.0 Å². The molecule has 0 bridgehead atoms. The molecule has 0 aliphatic rings. The third-order valence-electron chi connectivity index (χ3n) is 2.86. The van der Waals surface area contributed by atoms with Gasteiger partial charge in [0.25, 0.3) is 0 Å². The molecule has 0 rings (SSSR count). The van der Waals surface area contributed by atoms with E-state index in [0.29, 0.717) is 5.92 Å². The molecule has 0 aromatic carbocycles. The normalized spacial score (nSPS) is 15.7. The Morgan fingerprint density at radius 1 is 0.923 bits per heavy atom. The van der Waals surface area contributed by atoms with Crippen LogP contribution in [0.4, 0.5) is 0 Å². The molecule has 0 aromatic rings. The van der Waals surface area contributed by atoms with Gasteiger partial charge in [0.05, 0.1) is 0 Å². The minimum absolute atomic E-state index is 0.716. The van der Waals surface area contributed by atoms with Gasteiger partial charge in [0.1, 0.15) is 0 Å². The van der Waals surface area contributed by atoms with Crippen LogP contribution in [0.25, 0.3) is 0 Å². The lowest BCUT2D eigenvalue weighted by Crippen LogP contribution is -2.11. The van der Waals surface area contributed by atoms with E-state index in [2.05, 4.69) is 20.8 Å². The Labute approximate surface area is 84.1 Å². The van der Waals surface area contributed by atoms with E-state index in [9.17, 15) is 0 Å². The van der Waals surface area contributed by atoms with Gasteiger partial charge in [0, 0.05) is 0 Å². The number of rotatable bonds is 8. The summed E-state index contributed by atoms with van der Waals surface area (Å²) in [6.07, 6.45) is 8.23. The quantitative estimate of drug-likeness (QED) is 0.575. The minimum atomic E-state index is 0.716. The molecule has 0 spiro atoms. The maximum atomic E-state index is 5.58. The van der Waals surface area contributed by atoms with Gasteiger partial charge in [-0.2, -0.15) is 0 Å². The summed E-state index contributed by atoms with van der Waals surface area (Å²) < 4.78 is 0. The predicted octanol–water partition coefficient (Wildman–Crippen LogP) is 3.58. The van der Waals surface area contributed by atoms with Crippen LogP contribution >= 0.6 is 0 Å². The highest BCUT2D eigenvalue weighted by Gasteiger charge is 2.04. The van der Waals surface area contributed by atoms with Crippen molar-refractivity contribution >= 4 is 0 Å². The van der Waals surface area contributed by atoms with Crippen molar-refractivity contribution in [3.63, 3.8) is 0 Å². The number of unbranched alkanes of at least 4 members (excludes halogenated alkanes) is 2. The Hall–Kier alpha value is -0.0400. The van der Waals surface area contributed by atoms with Crippen LogP contribution in [0.2, 0.25) is 0 Å². The van der Waals surface area contributed by atoms with Crippen LogP contribution in [0.15, 0.2) is 0 Å². The van der Waals surface area contributed by atoms with Crippen LogP contribution in [0.5, 0.6) is 0 Å². The fraction of sp³-hybridized carbons (Fsp3) is 1.00. The summed E-state index contributed by atoms with van der Waals surface area (Å²) in [5.74, 6) is 1.62. The Morgan fingerprint density at radius 2 is 1.54 bits per heavy atom. The molecule has 0 saturated heterocycles. The predicted molar refractivity (Wildman–Crippen MR) is 60.8 cm³/mol. The molecule has 0 saturated carbocycles. The van der Waals surface area contributed by atoms with E-state index in [0.717, 1.165) is 12.5 Å². The average molecular weight is 185 g/mol. The molecule has 13 heavy (non-hydrogen) atoms. The third-order valence-corrected chi connectivity index (χ3v) is 2.86. The van der Waals surface area contributed by atoms with E-state index in [1.54, 1.807) is 0 Å². The standard InChI is InChI=1S/C12H27N/c1-4-5-6-7-11(2)8-9-12(3)10-13/h11-12H,4-10,13H2,1-3H3. The van der Waals surface area contributed by atoms with Gasteiger partial charge in [-0.3, -0.25) is 0 Å². The van der Waals surface area contributed by atoms with E-state index in [4.69, 9.17) is 5.73 Å². The third kappa shape index (κ3) is 8.29. The van der Waals surface area contributed by atoms with Gasteiger partial charge in [0.15, 0.2) is 0 Å². The van der Waals surface area contributed by atoms with E-state index >= 15 is 0 Å². The molecule has 0 aromatic heterocycles. The van der Waals surface area contributed by atoms with Gasteiger partial charge >= 0.3 is 0 Å². The SMILES string of the molecule is CCCCCC(C)CCC(C)CN. The Bertz CT molecular complexity index is 101. The zero-order valence-electron chi connectivity index (χ0n) is 9.68. The molecule has 0 radical (unpaired) electrons. The summed E-state index contributed by atoms with van der Waals surface area (Å²) in [6.45, 7) is 7.74. The molecule has 0 aliphatic heterocycles. The first-order valence-electron chi connectivity index (χ1n) is 5.90. The van der Waals surface area contributed by atoms with Crippen molar-refractivity contribution in [3.8, 4) is 0 Å². The summed E-state index contributed by atoms with van der Waals surface area (Å²) in [5, 5.41) is 0. The first-order chi connectivity index (χ1) is 6.20. The van der Waals surface area contributed by atoms with Gasteiger partial charge in [-0.05, 0) is 24.8 Å². The van der Waals surface area contributed by atoms with E-state index in [1.807, 2.05) is 0 Å². The van der Waals surface area contributed by atoms with E-state index in [-0.39, 0.29) is 0 Å². The summed E-state index contributed by atoms with van der Waals surface area (Å²) in [4.78, 5) is 0. The van der Waals surface area contributed by atoms with Crippen molar-refractivity contribution in [2.45, 2.75) is 59.3 Å². The van der Waals surface area contributed by atoms with Crippen molar-refractivity contribution in [3.05, 3.63) is 0 Å². The van der Waals surface area contributed by atoms with Crippen molar-refractivity contribution in [2.24, 2.45) is 17.6 Å². The fourth-order valence-corrected chi connectivity index (χ4v) is 1.57. The zero-order chi connectivity index (χ0) is 10.1. The van der Waals surface area contributed by atoms with Crippen LogP contribution in [0.1, 0.15) is 59.3 Å². The highest BCUT2D eigenvalue weighted by atomic mass is 14.5. The molecular formula is C12H27N. The smallest absolute Gasteiger partial charge is 0.00515 e. The molecule has 0 aliphatic carbocycles. The second-order valence-corrected chi connectivity index (χ2v) is 4.52. The molecule has 1 nitrogen and oxygen atoms in total. The van der Waals surface area contributed by atoms with Crippen LogP contribution < -0.4 is 5.73 Å².